The number of halogens is 4. The van der Waals surface area contributed by atoms with Crippen molar-refractivity contribution in [3.63, 3.8) is 0 Å². The Morgan fingerprint density at radius 2 is 1.60 bits per heavy atom. The molecule has 194 valence electrons. The third kappa shape index (κ3) is 7.76. The highest BCUT2D eigenvalue weighted by Gasteiger charge is 2.35. The number of benzene rings is 2. The molecule has 2 aromatic rings. The highest BCUT2D eigenvalue weighted by molar-refractivity contribution is 5.34. The molecule has 0 amide bonds. The van der Waals surface area contributed by atoms with E-state index in [2.05, 4.69) is 55.7 Å². The van der Waals surface area contributed by atoms with Crippen molar-refractivity contribution in [3.05, 3.63) is 70.8 Å². The molecule has 1 saturated carbocycles. The normalized spacial score (nSPS) is 18.0. The molecule has 0 saturated heterocycles. The molecule has 1 fully saturated rings. The van der Waals surface area contributed by atoms with Crippen molar-refractivity contribution < 1.29 is 22.7 Å². The Bertz CT molecular complexity index is 934. The molecule has 0 bridgehead atoms. The zero-order valence-corrected chi connectivity index (χ0v) is 20.9. The van der Waals surface area contributed by atoms with Crippen molar-refractivity contribution in [3.8, 4) is 0 Å². The summed E-state index contributed by atoms with van der Waals surface area (Å²) in [6, 6.07) is 10.8. The average molecular weight is 495 g/mol. The zero-order valence-electron chi connectivity index (χ0n) is 20.9. The van der Waals surface area contributed by atoms with Gasteiger partial charge in [-0.05, 0) is 53.5 Å². The molecule has 0 radical (unpaired) electrons. The summed E-state index contributed by atoms with van der Waals surface area (Å²) >= 11 is 0. The van der Waals surface area contributed by atoms with Crippen molar-refractivity contribution in [1.82, 2.24) is 10.6 Å². The SMILES string of the molecule is CC(C)(C)c1cccc(C2(NCC(O)C(Cc3cc(F)cc(F)c3)NCC(F)F)CCCCC2)c1. The molecule has 2 atom stereocenters. The molecular formula is C28H38F4N2O. The van der Waals surface area contributed by atoms with Crippen molar-refractivity contribution >= 4 is 0 Å². The standard InChI is InChI=1S/C28H38F4N2O/c1-27(2,3)20-8-7-9-21(15-20)28(10-5-4-6-11-28)34-17-25(35)24(33-18-26(31)32)14-19-12-22(29)16-23(30)13-19/h7-9,12-13,15-16,24-26,33-35H,4-6,10-11,14,17-18H2,1-3H3. The van der Waals surface area contributed by atoms with Gasteiger partial charge in [0.05, 0.1) is 12.6 Å². The highest BCUT2D eigenvalue weighted by Crippen LogP contribution is 2.38. The fourth-order valence-corrected chi connectivity index (χ4v) is 5.02. The van der Waals surface area contributed by atoms with E-state index in [0.29, 0.717) is 5.56 Å². The lowest BCUT2D eigenvalue weighted by molar-refractivity contribution is 0.0865. The minimum absolute atomic E-state index is 0.00407. The molecule has 0 heterocycles. The van der Waals surface area contributed by atoms with Crippen molar-refractivity contribution in [1.29, 1.82) is 0 Å². The molecule has 3 rings (SSSR count). The average Bonchev–Trinajstić information content (AvgIpc) is 2.79. The predicted molar refractivity (Wildman–Crippen MR) is 132 cm³/mol. The van der Waals surface area contributed by atoms with Gasteiger partial charge in [-0.2, -0.15) is 0 Å². The second kappa shape index (κ2) is 11.8. The van der Waals surface area contributed by atoms with Gasteiger partial charge in [0.25, 0.3) is 6.43 Å². The van der Waals surface area contributed by atoms with Crippen molar-refractivity contribution in [2.45, 2.75) is 88.8 Å². The van der Waals surface area contributed by atoms with E-state index in [0.717, 1.165) is 38.2 Å². The minimum atomic E-state index is -2.60. The monoisotopic (exact) mass is 494 g/mol. The van der Waals surface area contributed by atoms with Gasteiger partial charge in [0, 0.05) is 24.2 Å². The van der Waals surface area contributed by atoms with Crippen LogP contribution in [0.3, 0.4) is 0 Å². The van der Waals surface area contributed by atoms with Gasteiger partial charge in [-0.3, -0.25) is 0 Å². The summed E-state index contributed by atoms with van der Waals surface area (Å²) in [6.45, 7) is 6.07. The summed E-state index contributed by atoms with van der Waals surface area (Å²) in [5.74, 6) is -1.47. The second-order valence-electron chi connectivity index (χ2n) is 10.8. The fourth-order valence-electron chi connectivity index (χ4n) is 5.02. The van der Waals surface area contributed by atoms with Gasteiger partial charge in [-0.25, -0.2) is 17.6 Å². The summed E-state index contributed by atoms with van der Waals surface area (Å²) in [4.78, 5) is 0. The van der Waals surface area contributed by atoms with E-state index in [1.165, 1.54) is 23.3 Å². The Morgan fingerprint density at radius 1 is 0.943 bits per heavy atom. The number of hydrogen-bond acceptors (Lipinski definition) is 3. The van der Waals surface area contributed by atoms with E-state index in [4.69, 9.17) is 0 Å². The van der Waals surface area contributed by atoms with Gasteiger partial charge in [-0.15, -0.1) is 0 Å². The van der Waals surface area contributed by atoms with Gasteiger partial charge in [0.1, 0.15) is 11.6 Å². The van der Waals surface area contributed by atoms with Crippen LogP contribution in [0.5, 0.6) is 0 Å². The van der Waals surface area contributed by atoms with Crippen LogP contribution in [-0.4, -0.2) is 36.8 Å². The highest BCUT2D eigenvalue weighted by atomic mass is 19.3. The molecule has 3 N–H and O–H groups in total. The molecule has 1 aliphatic rings. The topological polar surface area (TPSA) is 44.3 Å². The molecule has 0 aromatic heterocycles. The van der Waals surface area contributed by atoms with Crippen molar-refractivity contribution in [2.75, 3.05) is 13.1 Å². The molecule has 0 aliphatic heterocycles. The van der Waals surface area contributed by atoms with Crippen LogP contribution < -0.4 is 10.6 Å². The summed E-state index contributed by atoms with van der Waals surface area (Å²) < 4.78 is 53.2. The Hall–Kier alpha value is -1.96. The lowest BCUT2D eigenvalue weighted by Gasteiger charge is -2.41. The summed E-state index contributed by atoms with van der Waals surface area (Å²) in [7, 11) is 0. The maximum Gasteiger partial charge on any atom is 0.250 e. The maximum absolute atomic E-state index is 13.7. The van der Waals surface area contributed by atoms with Gasteiger partial charge >= 0.3 is 0 Å². The molecule has 3 nitrogen and oxygen atoms in total. The van der Waals surface area contributed by atoms with E-state index < -0.39 is 36.8 Å². The van der Waals surface area contributed by atoms with Crippen LogP contribution in [0.4, 0.5) is 17.6 Å². The van der Waals surface area contributed by atoms with Crippen LogP contribution in [0.2, 0.25) is 0 Å². The van der Waals surface area contributed by atoms with E-state index in [1.54, 1.807) is 0 Å². The Labute approximate surface area is 206 Å². The maximum atomic E-state index is 13.7. The molecule has 2 unspecified atom stereocenters. The lowest BCUT2D eigenvalue weighted by Crippen LogP contribution is -2.53. The molecular weight excluding hydrogens is 456 g/mol. The summed E-state index contributed by atoms with van der Waals surface area (Å²) in [5, 5.41) is 17.3. The van der Waals surface area contributed by atoms with Gasteiger partial charge in [0.2, 0.25) is 0 Å². The summed E-state index contributed by atoms with van der Waals surface area (Å²) in [6.07, 6.45) is 1.47. The third-order valence-electron chi connectivity index (χ3n) is 7.01. The van der Waals surface area contributed by atoms with E-state index in [-0.39, 0.29) is 23.9 Å². The van der Waals surface area contributed by atoms with Crippen LogP contribution in [0, 0.1) is 11.6 Å². The van der Waals surface area contributed by atoms with Crippen LogP contribution in [0.1, 0.15) is 69.6 Å². The van der Waals surface area contributed by atoms with Crippen LogP contribution >= 0.6 is 0 Å². The number of rotatable bonds is 10. The first-order valence-corrected chi connectivity index (χ1v) is 12.5. The van der Waals surface area contributed by atoms with Crippen LogP contribution in [0.25, 0.3) is 0 Å². The Morgan fingerprint density at radius 3 is 2.20 bits per heavy atom. The van der Waals surface area contributed by atoms with Gasteiger partial charge in [-0.1, -0.05) is 64.3 Å². The van der Waals surface area contributed by atoms with Gasteiger partial charge < -0.3 is 15.7 Å². The first kappa shape index (κ1) is 27.6. The smallest absolute Gasteiger partial charge is 0.250 e. The first-order chi connectivity index (χ1) is 16.5. The number of hydrogen-bond donors (Lipinski definition) is 3. The number of aliphatic hydroxyl groups is 1. The summed E-state index contributed by atoms with van der Waals surface area (Å²) in [5.41, 5.74) is 2.38. The Kier molecular flexibility index (Phi) is 9.35. The van der Waals surface area contributed by atoms with E-state index in [1.807, 2.05) is 0 Å². The molecule has 2 aromatic carbocycles. The molecule has 1 aliphatic carbocycles. The molecule has 7 heteroatoms. The second-order valence-corrected chi connectivity index (χ2v) is 10.8. The molecule has 0 spiro atoms. The predicted octanol–water partition coefficient (Wildman–Crippen LogP) is 5.84. The number of nitrogens with one attached hydrogen (secondary N) is 2. The lowest BCUT2D eigenvalue weighted by atomic mass is 9.74. The van der Waals surface area contributed by atoms with Crippen LogP contribution in [-0.2, 0) is 17.4 Å². The minimum Gasteiger partial charge on any atom is -0.390 e. The van der Waals surface area contributed by atoms with E-state index in [9.17, 15) is 22.7 Å². The third-order valence-corrected chi connectivity index (χ3v) is 7.01. The quantitative estimate of drug-likeness (QED) is 0.364. The van der Waals surface area contributed by atoms with E-state index >= 15 is 0 Å². The number of alkyl halides is 2. The first-order valence-electron chi connectivity index (χ1n) is 12.5. The van der Waals surface area contributed by atoms with Gasteiger partial charge in [0.15, 0.2) is 0 Å². The van der Waals surface area contributed by atoms with Crippen molar-refractivity contribution in [2.24, 2.45) is 0 Å². The number of aliphatic hydroxyl groups excluding tert-OH is 1. The largest absolute Gasteiger partial charge is 0.390 e. The zero-order chi connectivity index (χ0) is 25.6. The molecule has 35 heavy (non-hydrogen) atoms. The Balaban J connectivity index is 1.80. The van der Waals surface area contributed by atoms with Crippen LogP contribution in [0.15, 0.2) is 42.5 Å². The fraction of sp³-hybridized carbons (Fsp3) is 0.571.